The number of hydrogen-bond acceptors (Lipinski definition) is 3. The van der Waals surface area contributed by atoms with E-state index in [4.69, 9.17) is 9.40 Å². The lowest BCUT2D eigenvalue weighted by atomic mass is 9.88. The summed E-state index contributed by atoms with van der Waals surface area (Å²) in [6, 6.07) is 37.0. The predicted molar refractivity (Wildman–Crippen MR) is 187 cm³/mol. The fraction of sp³-hybridized carbons (Fsp3) is 0.175. The second-order valence-corrected chi connectivity index (χ2v) is 13.3. The number of aromatic nitrogens is 2. The molecule has 0 aliphatic rings. The van der Waals surface area contributed by atoms with Gasteiger partial charge in [-0.15, -0.1) is 11.3 Å². The zero-order valence-corrected chi connectivity index (χ0v) is 26.3. The average Bonchev–Trinajstić information content (AvgIpc) is 3.73. The van der Waals surface area contributed by atoms with Gasteiger partial charge in [0, 0.05) is 31.8 Å². The lowest BCUT2D eigenvalue weighted by Gasteiger charge is -2.21. The van der Waals surface area contributed by atoms with Gasteiger partial charge in [-0.3, -0.25) is 0 Å². The Bertz CT molecular complexity index is 2310. The van der Waals surface area contributed by atoms with E-state index in [1.54, 1.807) is 11.3 Å². The maximum atomic E-state index is 6.11. The van der Waals surface area contributed by atoms with E-state index in [1.165, 1.54) is 49.0 Å². The molecule has 0 aliphatic heterocycles. The van der Waals surface area contributed by atoms with Crippen LogP contribution in [0.5, 0.6) is 0 Å². The highest BCUT2D eigenvalue weighted by molar-refractivity contribution is 7.17. The minimum Gasteiger partial charge on any atom is -0.456 e. The molecule has 0 amide bonds. The summed E-state index contributed by atoms with van der Waals surface area (Å²) in [5.41, 5.74) is 11.9. The van der Waals surface area contributed by atoms with E-state index >= 15 is 0 Å². The Labute approximate surface area is 261 Å². The highest BCUT2D eigenvalue weighted by Gasteiger charge is 2.21. The number of thiophene rings is 1. The number of hydrogen-bond donors (Lipinski definition) is 0. The Morgan fingerprint density at radius 3 is 2.16 bits per heavy atom. The molecule has 0 spiro atoms. The van der Waals surface area contributed by atoms with E-state index in [-0.39, 0.29) is 0 Å². The van der Waals surface area contributed by atoms with Gasteiger partial charge in [0.1, 0.15) is 17.0 Å². The Balaban J connectivity index is 1.30. The van der Waals surface area contributed by atoms with Gasteiger partial charge in [0.25, 0.3) is 0 Å². The molecule has 3 aromatic heterocycles. The number of imidazole rings is 1. The van der Waals surface area contributed by atoms with Gasteiger partial charge in [-0.25, -0.2) is 4.98 Å². The summed E-state index contributed by atoms with van der Waals surface area (Å²) in [4.78, 5) is 5.28. The molecular formula is C40H34N2OS. The summed E-state index contributed by atoms with van der Waals surface area (Å²) in [6.07, 6.45) is 0. The van der Waals surface area contributed by atoms with Crippen molar-refractivity contribution in [2.24, 2.45) is 0 Å². The van der Waals surface area contributed by atoms with E-state index in [0.29, 0.717) is 11.8 Å². The zero-order valence-electron chi connectivity index (χ0n) is 25.5. The second kappa shape index (κ2) is 10.5. The highest BCUT2D eigenvalue weighted by atomic mass is 32.1. The van der Waals surface area contributed by atoms with Gasteiger partial charge in [-0.2, -0.15) is 0 Å². The molecule has 0 aliphatic carbocycles. The minimum absolute atomic E-state index is 0.441. The third kappa shape index (κ3) is 4.36. The first kappa shape index (κ1) is 26.9. The lowest BCUT2D eigenvalue weighted by Crippen LogP contribution is -2.10. The van der Waals surface area contributed by atoms with E-state index in [1.807, 2.05) is 12.1 Å². The molecule has 5 aromatic carbocycles. The smallest absolute Gasteiger partial charge is 0.142 e. The Hall–Kier alpha value is -4.67. The van der Waals surface area contributed by atoms with Gasteiger partial charge in [0.05, 0.1) is 17.6 Å². The van der Waals surface area contributed by atoms with Gasteiger partial charge in [0.15, 0.2) is 0 Å². The molecular weight excluding hydrogens is 557 g/mol. The molecule has 0 saturated heterocycles. The van der Waals surface area contributed by atoms with Crippen molar-refractivity contribution in [3.8, 4) is 22.5 Å². The fourth-order valence-corrected chi connectivity index (χ4v) is 7.69. The maximum absolute atomic E-state index is 6.11. The number of para-hydroxylation sites is 3. The molecule has 44 heavy (non-hydrogen) atoms. The number of rotatable bonds is 6. The van der Waals surface area contributed by atoms with Crippen molar-refractivity contribution < 1.29 is 4.42 Å². The number of benzene rings is 5. The summed E-state index contributed by atoms with van der Waals surface area (Å²) < 4.78 is 9.82. The van der Waals surface area contributed by atoms with Gasteiger partial charge >= 0.3 is 0 Å². The molecule has 8 aromatic rings. The Morgan fingerprint density at radius 2 is 1.36 bits per heavy atom. The SMILES string of the molecule is CC(C)c1cccc(C(C)C)c1Cn1c(-c2csc3ccc(-c4ccc5oc6ccccc6c5c4)cc23)nc2ccccc21. The number of nitrogens with zero attached hydrogens (tertiary/aromatic N) is 2. The summed E-state index contributed by atoms with van der Waals surface area (Å²) in [6.45, 7) is 9.99. The van der Waals surface area contributed by atoms with Gasteiger partial charge in [-0.1, -0.05) is 88.4 Å². The van der Waals surface area contributed by atoms with Crippen molar-refractivity contribution in [3.05, 3.63) is 125 Å². The van der Waals surface area contributed by atoms with Crippen LogP contribution in [0.4, 0.5) is 0 Å². The standard InChI is InChI=1S/C40H34N2OS/c1-24(2)28-11-9-12-29(25(3)4)33(28)22-42-36-14-7-6-13-35(36)41-40(42)34-23-44-39-19-17-27(21-32(34)39)26-16-18-38-31(20-26)30-10-5-8-15-37(30)43-38/h5-21,23-25H,22H2,1-4H3. The van der Waals surface area contributed by atoms with Crippen molar-refractivity contribution in [1.29, 1.82) is 0 Å². The molecule has 4 heteroatoms. The third-order valence-corrected chi connectivity index (χ3v) is 9.95. The highest BCUT2D eigenvalue weighted by Crippen LogP contribution is 2.40. The van der Waals surface area contributed by atoms with Crippen LogP contribution in [0.25, 0.3) is 65.6 Å². The quantitative estimate of drug-likeness (QED) is 0.193. The molecule has 3 heterocycles. The molecule has 8 rings (SSSR count). The Morgan fingerprint density at radius 1 is 0.682 bits per heavy atom. The molecule has 3 nitrogen and oxygen atoms in total. The minimum atomic E-state index is 0.441. The predicted octanol–water partition coefficient (Wildman–Crippen LogP) is 11.8. The van der Waals surface area contributed by atoms with Crippen molar-refractivity contribution in [3.63, 3.8) is 0 Å². The van der Waals surface area contributed by atoms with E-state index in [9.17, 15) is 0 Å². The zero-order chi connectivity index (χ0) is 29.9. The van der Waals surface area contributed by atoms with Crippen LogP contribution >= 0.6 is 11.3 Å². The van der Waals surface area contributed by atoms with Crippen LogP contribution in [-0.2, 0) is 6.54 Å². The van der Waals surface area contributed by atoms with Crippen LogP contribution in [0.1, 0.15) is 56.2 Å². The molecule has 0 fully saturated rings. The average molecular weight is 591 g/mol. The molecule has 0 radical (unpaired) electrons. The van der Waals surface area contributed by atoms with Gasteiger partial charge in [-0.05, 0) is 82.1 Å². The van der Waals surface area contributed by atoms with E-state index in [2.05, 4.69) is 129 Å². The largest absolute Gasteiger partial charge is 0.456 e. The molecule has 0 saturated carbocycles. The van der Waals surface area contributed by atoms with Crippen LogP contribution in [0.3, 0.4) is 0 Å². The normalized spacial score (nSPS) is 12.1. The molecule has 216 valence electrons. The molecule has 0 atom stereocenters. The first-order valence-corrected chi connectivity index (χ1v) is 16.3. The van der Waals surface area contributed by atoms with Crippen LogP contribution in [0, 0.1) is 0 Å². The van der Waals surface area contributed by atoms with Crippen molar-refractivity contribution in [1.82, 2.24) is 9.55 Å². The van der Waals surface area contributed by atoms with Crippen LogP contribution in [-0.4, -0.2) is 9.55 Å². The van der Waals surface area contributed by atoms with E-state index in [0.717, 1.165) is 39.8 Å². The first-order chi connectivity index (χ1) is 21.5. The Kier molecular flexibility index (Phi) is 6.42. The fourth-order valence-electron chi connectivity index (χ4n) is 6.77. The third-order valence-electron chi connectivity index (χ3n) is 8.99. The van der Waals surface area contributed by atoms with Crippen molar-refractivity contribution >= 4 is 54.4 Å². The van der Waals surface area contributed by atoms with Crippen molar-refractivity contribution in [2.45, 2.75) is 46.1 Å². The molecule has 0 bridgehead atoms. The monoisotopic (exact) mass is 590 g/mol. The summed E-state index contributed by atoms with van der Waals surface area (Å²) in [5, 5.41) is 5.83. The molecule has 0 N–H and O–H groups in total. The summed E-state index contributed by atoms with van der Waals surface area (Å²) in [5.74, 6) is 1.91. The van der Waals surface area contributed by atoms with Crippen LogP contribution in [0.15, 0.2) is 113 Å². The van der Waals surface area contributed by atoms with Gasteiger partial charge in [0.2, 0.25) is 0 Å². The van der Waals surface area contributed by atoms with Crippen LogP contribution in [0.2, 0.25) is 0 Å². The number of furan rings is 1. The topological polar surface area (TPSA) is 31.0 Å². The second-order valence-electron chi connectivity index (χ2n) is 12.4. The molecule has 0 unspecified atom stereocenters. The van der Waals surface area contributed by atoms with Crippen LogP contribution < -0.4 is 0 Å². The van der Waals surface area contributed by atoms with Crippen molar-refractivity contribution in [2.75, 3.05) is 0 Å². The first-order valence-electron chi connectivity index (χ1n) is 15.5. The van der Waals surface area contributed by atoms with E-state index < -0.39 is 0 Å². The summed E-state index contributed by atoms with van der Waals surface area (Å²) in [7, 11) is 0. The van der Waals surface area contributed by atoms with Gasteiger partial charge < -0.3 is 8.98 Å². The lowest BCUT2D eigenvalue weighted by molar-refractivity contribution is 0.669. The maximum Gasteiger partial charge on any atom is 0.142 e. The number of fused-ring (bicyclic) bond motifs is 5. The summed E-state index contributed by atoms with van der Waals surface area (Å²) >= 11 is 1.79.